The van der Waals surface area contributed by atoms with Crippen LogP contribution in [0.4, 0.5) is 0 Å². The maximum atomic E-state index is 4.22. The summed E-state index contributed by atoms with van der Waals surface area (Å²) in [5, 5.41) is 12.0. The lowest BCUT2D eigenvalue weighted by atomic mass is 9.86. The molecule has 0 N–H and O–H groups in total. The second-order valence-corrected chi connectivity index (χ2v) is 5.88. The molecule has 5 rings (SSSR count). The molecule has 0 amide bonds. The van der Waals surface area contributed by atoms with Gasteiger partial charge in [-0.1, -0.05) is 48.5 Å². The minimum absolute atomic E-state index is 1.25. The average Bonchev–Trinajstić information content (AvgIpc) is 3.21. The number of fused-ring (bicyclic) bond motifs is 5. The fourth-order valence-electron chi connectivity index (χ4n) is 3.48. The molecular formula is C20H18N2O. The van der Waals surface area contributed by atoms with Gasteiger partial charge in [0.2, 0.25) is 0 Å². The van der Waals surface area contributed by atoms with Gasteiger partial charge in [0.1, 0.15) is 6.26 Å². The summed E-state index contributed by atoms with van der Waals surface area (Å²) >= 11 is 0. The quantitative estimate of drug-likeness (QED) is 0.432. The van der Waals surface area contributed by atoms with Gasteiger partial charge in [-0.15, -0.1) is 5.10 Å². The Bertz CT molecular complexity index is 912. The Morgan fingerprint density at radius 2 is 1.65 bits per heavy atom. The van der Waals surface area contributed by atoms with Crippen LogP contribution in [0.3, 0.4) is 0 Å². The van der Waals surface area contributed by atoms with E-state index in [0.717, 1.165) is 0 Å². The molecular weight excluding hydrogens is 284 g/mol. The molecule has 114 valence electrons. The molecule has 1 aliphatic carbocycles. The predicted octanol–water partition coefficient (Wildman–Crippen LogP) is 4.94. The lowest BCUT2D eigenvalue weighted by molar-refractivity contribution is 0.393. The first-order chi connectivity index (χ1) is 11.4. The SMILES string of the molecule is c1ccc2c(c1)ccc1c3c(ccc12)CCCC3.c1conn1. The van der Waals surface area contributed by atoms with E-state index in [1.807, 2.05) is 0 Å². The average molecular weight is 302 g/mol. The van der Waals surface area contributed by atoms with Crippen molar-refractivity contribution in [2.75, 3.05) is 0 Å². The van der Waals surface area contributed by atoms with Crippen LogP contribution in [0.2, 0.25) is 0 Å². The molecule has 3 nitrogen and oxygen atoms in total. The van der Waals surface area contributed by atoms with Crippen LogP contribution in [0.5, 0.6) is 0 Å². The first-order valence-electron chi connectivity index (χ1n) is 8.07. The summed E-state index contributed by atoms with van der Waals surface area (Å²) < 4.78 is 4.22. The molecule has 23 heavy (non-hydrogen) atoms. The third-order valence-electron chi connectivity index (χ3n) is 4.54. The third kappa shape index (κ3) is 2.70. The van der Waals surface area contributed by atoms with Crippen LogP contribution >= 0.6 is 0 Å². The number of rotatable bonds is 0. The fraction of sp³-hybridized carbons (Fsp3) is 0.200. The van der Waals surface area contributed by atoms with Crippen LogP contribution in [-0.4, -0.2) is 10.4 Å². The highest BCUT2D eigenvalue weighted by Crippen LogP contribution is 2.33. The number of aryl methyl sites for hydroxylation is 2. The first-order valence-corrected chi connectivity index (χ1v) is 8.07. The maximum absolute atomic E-state index is 4.22. The zero-order chi connectivity index (χ0) is 15.5. The standard InChI is InChI=1S/C18H16.C2H2N2O/c1-3-7-15-13(5-1)9-11-18-16-8-4-2-6-14(16)10-12-17(15)18;1-2-5-4-3-1/h1,3,5,7,9-12H,2,4,6,8H2;1-2H. The molecule has 3 heteroatoms. The van der Waals surface area contributed by atoms with Gasteiger partial charge in [0, 0.05) is 5.27 Å². The maximum Gasteiger partial charge on any atom is 0.144 e. The predicted molar refractivity (Wildman–Crippen MR) is 92.4 cm³/mol. The molecule has 0 unspecified atom stereocenters. The Labute approximate surface area is 134 Å². The summed E-state index contributed by atoms with van der Waals surface area (Å²) in [4.78, 5) is 0. The molecule has 1 aromatic heterocycles. The van der Waals surface area contributed by atoms with Gasteiger partial charge in [-0.05, 0) is 58.4 Å². The van der Waals surface area contributed by atoms with Crippen molar-refractivity contribution >= 4 is 21.5 Å². The van der Waals surface area contributed by atoms with E-state index in [-0.39, 0.29) is 0 Å². The van der Waals surface area contributed by atoms with E-state index in [0.29, 0.717) is 0 Å². The summed E-state index contributed by atoms with van der Waals surface area (Å²) in [5.74, 6) is 0. The molecule has 3 aromatic carbocycles. The van der Waals surface area contributed by atoms with Gasteiger partial charge in [-0.3, -0.25) is 0 Å². The highest BCUT2D eigenvalue weighted by atomic mass is 16.5. The molecule has 0 aliphatic heterocycles. The van der Waals surface area contributed by atoms with E-state index < -0.39 is 0 Å². The van der Waals surface area contributed by atoms with E-state index in [1.165, 1.54) is 59.7 Å². The Kier molecular flexibility index (Phi) is 3.76. The van der Waals surface area contributed by atoms with Crippen molar-refractivity contribution < 1.29 is 4.52 Å². The molecule has 0 saturated heterocycles. The van der Waals surface area contributed by atoms with Crippen molar-refractivity contribution in [3.63, 3.8) is 0 Å². The first kappa shape index (κ1) is 13.9. The van der Waals surface area contributed by atoms with Crippen LogP contribution in [-0.2, 0) is 12.8 Å². The number of aromatic nitrogens is 2. The number of benzene rings is 3. The van der Waals surface area contributed by atoms with Gasteiger partial charge in [-0.25, -0.2) is 0 Å². The van der Waals surface area contributed by atoms with Crippen molar-refractivity contribution in [3.8, 4) is 0 Å². The van der Waals surface area contributed by atoms with E-state index >= 15 is 0 Å². The Morgan fingerprint density at radius 3 is 2.48 bits per heavy atom. The van der Waals surface area contributed by atoms with E-state index in [4.69, 9.17) is 0 Å². The summed E-state index contributed by atoms with van der Waals surface area (Å²) in [6.45, 7) is 0. The summed E-state index contributed by atoms with van der Waals surface area (Å²) in [6, 6.07) is 18.0. The van der Waals surface area contributed by atoms with Crippen LogP contribution in [0, 0.1) is 0 Å². The number of hydrogen-bond donors (Lipinski definition) is 0. The smallest absolute Gasteiger partial charge is 0.144 e. The molecule has 0 radical (unpaired) electrons. The monoisotopic (exact) mass is 302 g/mol. The minimum Gasteiger partial charge on any atom is -0.346 e. The zero-order valence-electron chi connectivity index (χ0n) is 12.9. The second-order valence-electron chi connectivity index (χ2n) is 5.88. The normalized spacial score (nSPS) is 13.4. The van der Waals surface area contributed by atoms with Gasteiger partial charge in [-0.2, -0.15) is 0 Å². The molecule has 4 aromatic rings. The van der Waals surface area contributed by atoms with Crippen LogP contribution in [0.1, 0.15) is 24.0 Å². The van der Waals surface area contributed by atoms with Crippen LogP contribution in [0.25, 0.3) is 21.5 Å². The summed E-state index contributed by atoms with van der Waals surface area (Å²) in [5.41, 5.74) is 3.17. The molecule has 0 saturated carbocycles. The van der Waals surface area contributed by atoms with Gasteiger partial charge >= 0.3 is 0 Å². The molecule has 0 fully saturated rings. The van der Waals surface area contributed by atoms with Crippen LogP contribution < -0.4 is 0 Å². The summed E-state index contributed by atoms with van der Waals surface area (Å²) in [7, 11) is 0. The Morgan fingerprint density at radius 1 is 0.783 bits per heavy atom. The number of nitrogens with zero attached hydrogens (tertiary/aromatic N) is 2. The lowest BCUT2D eigenvalue weighted by Crippen LogP contribution is -2.02. The van der Waals surface area contributed by atoms with E-state index in [9.17, 15) is 0 Å². The van der Waals surface area contributed by atoms with Gasteiger partial charge in [0.25, 0.3) is 0 Å². The third-order valence-corrected chi connectivity index (χ3v) is 4.54. The lowest BCUT2D eigenvalue weighted by Gasteiger charge is -2.18. The molecule has 0 atom stereocenters. The molecule has 0 bridgehead atoms. The largest absolute Gasteiger partial charge is 0.346 e. The van der Waals surface area contributed by atoms with Crippen molar-refractivity contribution in [3.05, 3.63) is 72.1 Å². The molecule has 1 heterocycles. The molecule has 1 aliphatic rings. The summed E-state index contributed by atoms with van der Waals surface area (Å²) in [6.07, 6.45) is 8.09. The van der Waals surface area contributed by atoms with Crippen molar-refractivity contribution in [2.45, 2.75) is 25.7 Å². The van der Waals surface area contributed by atoms with Crippen LogP contribution in [0.15, 0.2) is 65.5 Å². The second kappa shape index (κ2) is 6.21. The van der Waals surface area contributed by atoms with Crippen molar-refractivity contribution in [2.24, 2.45) is 0 Å². The van der Waals surface area contributed by atoms with E-state index in [2.05, 4.69) is 63.4 Å². The Balaban J connectivity index is 0.000000233. The zero-order valence-corrected chi connectivity index (χ0v) is 12.9. The minimum atomic E-state index is 1.25. The van der Waals surface area contributed by atoms with Crippen molar-refractivity contribution in [1.29, 1.82) is 0 Å². The Hall–Kier alpha value is -2.68. The van der Waals surface area contributed by atoms with Gasteiger partial charge < -0.3 is 4.52 Å². The van der Waals surface area contributed by atoms with Crippen molar-refractivity contribution in [1.82, 2.24) is 10.4 Å². The highest BCUT2D eigenvalue weighted by molar-refractivity contribution is 6.08. The van der Waals surface area contributed by atoms with Gasteiger partial charge in [0.15, 0.2) is 0 Å². The molecule has 0 spiro atoms. The highest BCUT2D eigenvalue weighted by Gasteiger charge is 2.13. The van der Waals surface area contributed by atoms with E-state index in [1.54, 1.807) is 11.1 Å². The number of hydrogen-bond acceptors (Lipinski definition) is 3. The van der Waals surface area contributed by atoms with Gasteiger partial charge in [0.05, 0.1) is 6.20 Å². The topological polar surface area (TPSA) is 38.9 Å². The fourth-order valence-corrected chi connectivity index (χ4v) is 3.48.